The molecule has 1 atom stereocenters. The zero-order chi connectivity index (χ0) is 15.7. The van der Waals surface area contributed by atoms with Crippen molar-refractivity contribution in [1.82, 2.24) is 15.5 Å². The number of ketones is 1. The van der Waals surface area contributed by atoms with E-state index in [0.717, 1.165) is 0 Å². The Labute approximate surface area is 128 Å². The van der Waals surface area contributed by atoms with Crippen LogP contribution in [0.2, 0.25) is 0 Å². The van der Waals surface area contributed by atoms with Gasteiger partial charge in [-0.05, 0) is 19.8 Å². The van der Waals surface area contributed by atoms with Gasteiger partial charge in [0.25, 0.3) is 5.91 Å². The fraction of sp³-hybridized carbons (Fsp3) is 0.438. The number of Topliss-reactive ketones (excluding diaryl/α,β-unsaturated/α-hetero) is 1. The van der Waals surface area contributed by atoms with Gasteiger partial charge in [0.2, 0.25) is 0 Å². The molecule has 0 bridgehead atoms. The number of hydrogen-bond donors (Lipinski definition) is 2. The van der Waals surface area contributed by atoms with E-state index >= 15 is 0 Å². The molecule has 0 radical (unpaired) electrons. The van der Waals surface area contributed by atoms with Crippen molar-refractivity contribution in [3.05, 3.63) is 35.9 Å². The molecule has 0 aliphatic carbocycles. The van der Waals surface area contributed by atoms with E-state index in [1.807, 2.05) is 37.3 Å². The van der Waals surface area contributed by atoms with E-state index in [4.69, 9.17) is 0 Å². The monoisotopic (exact) mass is 301 g/mol. The van der Waals surface area contributed by atoms with E-state index in [-0.39, 0.29) is 17.7 Å². The number of rotatable bonds is 3. The zero-order valence-corrected chi connectivity index (χ0v) is 12.5. The third-order valence-corrected chi connectivity index (χ3v) is 4.65. The predicted molar refractivity (Wildman–Crippen MR) is 80.4 cm³/mol. The lowest BCUT2D eigenvalue weighted by Crippen LogP contribution is -2.57. The Hall–Kier alpha value is -2.21. The molecule has 3 rings (SSSR count). The summed E-state index contributed by atoms with van der Waals surface area (Å²) < 4.78 is 0. The van der Waals surface area contributed by atoms with Gasteiger partial charge in [-0.3, -0.25) is 19.8 Å². The molecule has 2 fully saturated rings. The van der Waals surface area contributed by atoms with Gasteiger partial charge in [-0.15, -0.1) is 0 Å². The number of amides is 3. The van der Waals surface area contributed by atoms with Crippen molar-refractivity contribution >= 4 is 17.7 Å². The number of hydrogen-bond acceptors (Lipinski definition) is 4. The van der Waals surface area contributed by atoms with E-state index in [0.29, 0.717) is 31.5 Å². The highest BCUT2D eigenvalue weighted by Crippen LogP contribution is 2.27. The Morgan fingerprint density at radius 2 is 1.82 bits per heavy atom. The van der Waals surface area contributed by atoms with Crippen molar-refractivity contribution in [3.8, 4) is 0 Å². The van der Waals surface area contributed by atoms with Crippen molar-refractivity contribution in [2.45, 2.75) is 31.3 Å². The average molecular weight is 301 g/mol. The number of benzene rings is 1. The van der Waals surface area contributed by atoms with Crippen molar-refractivity contribution in [2.75, 3.05) is 13.1 Å². The molecular formula is C16H19N3O3. The van der Waals surface area contributed by atoms with Crippen LogP contribution in [0, 0.1) is 0 Å². The molecule has 2 saturated heterocycles. The Kier molecular flexibility index (Phi) is 3.70. The quantitative estimate of drug-likeness (QED) is 0.643. The van der Waals surface area contributed by atoms with Crippen LogP contribution in [0.1, 0.15) is 30.1 Å². The molecule has 0 saturated carbocycles. The van der Waals surface area contributed by atoms with Gasteiger partial charge in [0.15, 0.2) is 5.78 Å². The van der Waals surface area contributed by atoms with E-state index in [1.165, 1.54) is 0 Å². The van der Waals surface area contributed by atoms with Crippen LogP contribution in [0.25, 0.3) is 0 Å². The molecule has 6 heteroatoms. The third kappa shape index (κ3) is 2.50. The van der Waals surface area contributed by atoms with Gasteiger partial charge >= 0.3 is 6.03 Å². The minimum Gasteiger partial charge on any atom is -0.323 e. The second-order valence-electron chi connectivity index (χ2n) is 5.93. The summed E-state index contributed by atoms with van der Waals surface area (Å²) in [5.74, 6) is -0.171. The first-order valence-electron chi connectivity index (χ1n) is 7.49. The second kappa shape index (κ2) is 5.53. The van der Waals surface area contributed by atoms with Crippen molar-refractivity contribution < 1.29 is 14.4 Å². The number of likely N-dealkylation sites (tertiary alicyclic amines) is 1. The molecule has 2 aliphatic heterocycles. The average Bonchev–Trinajstić information content (AvgIpc) is 2.81. The molecule has 116 valence electrons. The third-order valence-electron chi connectivity index (χ3n) is 4.65. The van der Waals surface area contributed by atoms with Crippen LogP contribution in [-0.4, -0.2) is 47.3 Å². The molecular weight excluding hydrogens is 282 g/mol. The fourth-order valence-corrected chi connectivity index (χ4v) is 3.18. The molecule has 6 nitrogen and oxygen atoms in total. The number of nitrogens with zero attached hydrogens (tertiary/aromatic N) is 1. The van der Waals surface area contributed by atoms with Gasteiger partial charge in [0, 0.05) is 18.7 Å². The van der Waals surface area contributed by atoms with E-state index in [1.54, 1.807) is 0 Å². The molecule has 0 aromatic heterocycles. The van der Waals surface area contributed by atoms with Crippen LogP contribution in [0.4, 0.5) is 4.79 Å². The summed E-state index contributed by atoms with van der Waals surface area (Å²) in [7, 11) is 0. The summed E-state index contributed by atoms with van der Waals surface area (Å²) in [6, 6.07) is 8.55. The first-order valence-corrected chi connectivity index (χ1v) is 7.49. The van der Waals surface area contributed by atoms with Crippen molar-refractivity contribution in [3.63, 3.8) is 0 Å². The highest BCUT2D eigenvalue weighted by atomic mass is 16.2. The topological polar surface area (TPSA) is 78.5 Å². The molecule has 1 unspecified atom stereocenters. The van der Waals surface area contributed by atoms with Gasteiger partial charge < -0.3 is 5.32 Å². The molecule has 2 N–H and O–H groups in total. The van der Waals surface area contributed by atoms with Gasteiger partial charge in [-0.1, -0.05) is 30.3 Å². The SMILES string of the molecule is CC(C(=O)c1ccccc1)N1CCC2(CC1)NC(=O)NC2=O. The Balaban J connectivity index is 1.65. The van der Waals surface area contributed by atoms with Crippen molar-refractivity contribution in [2.24, 2.45) is 0 Å². The zero-order valence-electron chi connectivity index (χ0n) is 12.5. The Bertz CT molecular complexity index is 606. The maximum Gasteiger partial charge on any atom is 0.322 e. The predicted octanol–water partition coefficient (Wildman–Crippen LogP) is 0.932. The number of nitrogens with one attached hydrogen (secondary N) is 2. The highest BCUT2D eigenvalue weighted by Gasteiger charge is 2.48. The van der Waals surface area contributed by atoms with E-state index in [2.05, 4.69) is 15.5 Å². The number of carbonyl (C=O) groups is 3. The summed E-state index contributed by atoms with van der Waals surface area (Å²) in [4.78, 5) is 37.8. The largest absolute Gasteiger partial charge is 0.323 e. The summed E-state index contributed by atoms with van der Waals surface area (Å²) in [5.41, 5.74) is -0.0921. The van der Waals surface area contributed by atoms with Crippen LogP contribution in [-0.2, 0) is 4.79 Å². The van der Waals surface area contributed by atoms with Crippen LogP contribution >= 0.6 is 0 Å². The minimum absolute atomic E-state index is 0.0801. The van der Waals surface area contributed by atoms with Crippen LogP contribution in [0.3, 0.4) is 0 Å². The molecule has 2 aliphatic rings. The van der Waals surface area contributed by atoms with Gasteiger partial charge in [-0.2, -0.15) is 0 Å². The van der Waals surface area contributed by atoms with E-state index < -0.39 is 11.6 Å². The minimum atomic E-state index is -0.789. The van der Waals surface area contributed by atoms with Gasteiger partial charge in [0.1, 0.15) is 5.54 Å². The fourth-order valence-electron chi connectivity index (χ4n) is 3.18. The summed E-state index contributed by atoms with van der Waals surface area (Å²) in [6.45, 7) is 3.10. The molecule has 3 amide bonds. The number of carbonyl (C=O) groups excluding carboxylic acids is 3. The standard InChI is InChI=1S/C16H19N3O3/c1-11(13(20)12-5-3-2-4-6-12)19-9-7-16(8-10-19)14(21)17-15(22)18-16/h2-6,11H,7-10H2,1H3,(H2,17,18,21,22). The number of imide groups is 1. The molecule has 1 aromatic rings. The van der Waals surface area contributed by atoms with Crippen LogP contribution in [0.5, 0.6) is 0 Å². The first kappa shape index (κ1) is 14.7. The maximum absolute atomic E-state index is 12.5. The Morgan fingerprint density at radius 3 is 2.36 bits per heavy atom. The van der Waals surface area contributed by atoms with Gasteiger partial charge in [0.05, 0.1) is 6.04 Å². The lowest BCUT2D eigenvalue weighted by molar-refractivity contribution is -0.125. The molecule has 22 heavy (non-hydrogen) atoms. The Morgan fingerprint density at radius 1 is 1.18 bits per heavy atom. The number of urea groups is 1. The summed E-state index contributed by atoms with van der Waals surface area (Å²) in [5, 5.41) is 5.02. The van der Waals surface area contributed by atoms with Crippen LogP contribution in [0.15, 0.2) is 30.3 Å². The highest BCUT2D eigenvalue weighted by molar-refractivity contribution is 6.07. The second-order valence-corrected chi connectivity index (χ2v) is 5.93. The maximum atomic E-state index is 12.5. The van der Waals surface area contributed by atoms with Gasteiger partial charge in [-0.25, -0.2) is 4.79 Å². The van der Waals surface area contributed by atoms with Crippen molar-refractivity contribution in [1.29, 1.82) is 0 Å². The summed E-state index contributed by atoms with van der Waals surface area (Å²) >= 11 is 0. The normalized spacial score (nSPS) is 22.2. The lowest BCUT2D eigenvalue weighted by Gasteiger charge is -2.39. The summed E-state index contributed by atoms with van der Waals surface area (Å²) in [6.07, 6.45) is 1.05. The number of piperidine rings is 1. The van der Waals surface area contributed by atoms with Crippen LogP contribution < -0.4 is 10.6 Å². The lowest BCUT2D eigenvalue weighted by atomic mass is 9.86. The van der Waals surface area contributed by atoms with E-state index in [9.17, 15) is 14.4 Å². The smallest absolute Gasteiger partial charge is 0.322 e. The molecule has 1 aromatic carbocycles. The molecule has 2 heterocycles. The first-order chi connectivity index (χ1) is 10.5. The molecule has 1 spiro atoms.